The maximum absolute atomic E-state index is 12.8. The number of aryl methyl sites for hydroxylation is 2. The van der Waals surface area contributed by atoms with E-state index in [1.165, 1.54) is 12.6 Å². The van der Waals surface area contributed by atoms with Crippen LogP contribution in [0.4, 0.5) is 0 Å². The standard InChI is InChI=1S/C22H28N6O2/c1-15-11-24-19(13-23-15)22(30)28-10-6-7-17(14-28)20-25-12-18(16(2)26-20)21(29)27-8-4-3-5-9-27/h11-13,17H,3-10,14H2,1-2H3. The third-order valence-corrected chi connectivity index (χ3v) is 5.95. The number of amides is 2. The van der Waals surface area contributed by atoms with E-state index in [1.54, 1.807) is 17.3 Å². The molecule has 4 rings (SSSR count). The summed E-state index contributed by atoms with van der Waals surface area (Å²) < 4.78 is 0. The van der Waals surface area contributed by atoms with Gasteiger partial charge in [-0.2, -0.15) is 0 Å². The Bertz CT molecular complexity index is 924. The molecule has 2 saturated heterocycles. The average Bonchev–Trinajstić information content (AvgIpc) is 2.79. The highest BCUT2D eigenvalue weighted by atomic mass is 16.2. The first-order valence-corrected chi connectivity index (χ1v) is 10.7. The van der Waals surface area contributed by atoms with Gasteiger partial charge in [-0.05, 0) is 46.0 Å². The van der Waals surface area contributed by atoms with Gasteiger partial charge in [0.25, 0.3) is 11.8 Å². The van der Waals surface area contributed by atoms with Gasteiger partial charge in [0.05, 0.1) is 23.1 Å². The Morgan fingerprint density at radius 1 is 0.867 bits per heavy atom. The lowest BCUT2D eigenvalue weighted by molar-refractivity contribution is 0.0697. The summed E-state index contributed by atoms with van der Waals surface area (Å²) in [6.07, 6.45) is 9.91. The van der Waals surface area contributed by atoms with Crippen molar-refractivity contribution in [3.05, 3.63) is 47.1 Å². The number of aromatic nitrogens is 4. The largest absolute Gasteiger partial charge is 0.339 e. The third kappa shape index (κ3) is 4.32. The summed E-state index contributed by atoms with van der Waals surface area (Å²) in [5.41, 5.74) is 2.44. The first-order chi connectivity index (χ1) is 14.5. The van der Waals surface area contributed by atoms with Gasteiger partial charge in [-0.1, -0.05) is 0 Å². The average molecular weight is 409 g/mol. The molecule has 8 heteroatoms. The molecule has 1 atom stereocenters. The summed E-state index contributed by atoms with van der Waals surface area (Å²) in [5.74, 6) is 0.673. The smallest absolute Gasteiger partial charge is 0.274 e. The predicted molar refractivity (Wildman–Crippen MR) is 111 cm³/mol. The van der Waals surface area contributed by atoms with Crippen LogP contribution in [0, 0.1) is 13.8 Å². The normalized spacial score (nSPS) is 19.6. The molecule has 4 heterocycles. The van der Waals surface area contributed by atoms with Gasteiger partial charge in [0, 0.05) is 44.5 Å². The van der Waals surface area contributed by atoms with Crippen LogP contribution in [-0.4, -0.2) is 67.7 Å². The summed E-state index contributed by atoms with van der Waals surface area (Å²) in [5, 5.41) is 0. The number of likely N-dealkylation sites (tertiary alicyclic amines) is 2. The Kier molecular flexibility index (Phi) is 6.01. The molecule has 0 bridgehead atoms. The first kappa shape index (κ1) is 20.4. The molecule has 2 aliphatic rings. The van der Waals surface area contributed by atoms with Crippen LogP contribution in [0.15, 0.2) is 18.6 Å². The van der Waals surface area contributed by atoms with Crippen molar-refractivity contribution >= 4 is 11.8 Å². The third-order valence-electron chi connectivity index (χ3n) is 5.95. The van der Waals surface area contributed by atoms with E-state index in [0.717, 1.165) is 44.5 Å². The Morgan fingerprint density at radius 3 is 2.33 bits per heavy atom. The zero-order valence-corrected chi connectivity index (χ0v) is 17.7. The van der Waals surface area contributed by atoms with Gasteiger partial charge < -0.3 is 9.80 Å². The van der Waals surface area contributed by atoms with Gasteiger partial charge in [-0.3, -0.25) is 14.6 Å². The predicted octanol–water partition coefficient (Wildman–Crippen LogP) is 2.53. The Balaban J connectivity index is 1.47. The molecule has 0 saturated carbocycles. The Hall–Kier alpha value is -2.90. The molecule has 0 aliphatic carbocycles. The number of carbonyl (C=O) groups excluding carboxylic acids is 2. The number of piperidine rings is 2. The summed E-state index contributed by atoms with van der Waals surface area (Å²) >= 11 is 0. The lowest BCUT2D eigenvalue weighted by Gasteiger charge is -2.32. The minimum Gasteiger partial charge on any atom is -0.339 e. The molecule has 2 aromatic heterocycles. The van der Waals surface area contributed by atoms with Crippen molar-refractivity contribution in [2.75, 3.05) is 26.2 Å². The number of carbonyl (C=O) groups is 2. The molecule has 0 spiro atoms. The van der Waals surface area contributed by atoms with E-state index in [2.05, 4.69) is 19.9 Å². The van der Waals surface area contributed by atoms with E-state index in [-0.39, 0.29) is 17.7 Å². The van der Waals surface area contributed by atoms with Gasteiger partial charge in [0.15, 0.2) is 0 Å². The molecule has 0 aromatic carbocycles. The molecule has 2 aromatic rings. The lowest BCUT2D eigenvalue weighted by atomic mass is 9.96. The number of nitrogens with zero attached hydrogens (tertiary/aromatic N) is 6. The zero-order chi connectivity index (χ0) is 21.1. The quantitative estimate of drug-likeness (QED) is 0.775. The zero-order valence-electron chi connectivity index (χ0n) is 17.7. The van der Waals surface area contributed by atoms with E-state index in [0.29, 0.717) is 35.9 Å². The fraction of sp³-hybridized carbons (Fsp3) is 0.545. The molecule has 0 radical (unpaired) electrons. The van der Waals surface area contributed by atoms with Crippen LogP contribution in [0.2, 0.25) is 0 Å². The lowest BCUT2D eigenvalue weighted by Crippen LogP contribution is -2.40. The highest BCUT2D eigenvalue weighted by molar-refractivity contribution is 5.95. The van der Waals surface area contributed by atoms with Crippen LogP contribution in [0.5, 0.6) is 0 Å². The van der Waals surface area contributed by atoms with E-state index in [1.807, 2.05) is 18.7 Å². The molecule has 0 N–H and O–H groups in total. The van der Waals surface area contributed by atoms with Crippen molar-refractivity contribution in [3.8, 4) is 0 Å². The fourth-order valence-electron chi connectivity index (χ4n) is 4.20. The van der Waals surface area contributed by atoms with E-state index >= 15 is 0 Å². The minimum absolute atomic E-state index is 0.0251. The second kappa shape index (κ2) is 8.85. The maximum atomic E-state index is 12.8. The molecule has 158 valence electrons. The monoisotopic (exact) mass is 408 g/mol. The summed E-state index contributed by atoms with van der Waals surface area (Å²) in [6.45, 7) is 6.57. The molecule has 2 aliphatic heterocycles. The molecular formula is C22H28N6O2. The number of hydrogen-bond acceptors (Lipinski definition) is 6. The van der Waals surface area contributed by atoms with Gasteiger partial charge in [-0.25, -0.2) is 15.0 Å². The molecule has 30 heavy (non-hydrogen) atoms. The van der Waals surface area contributed by atoms with Gasteiger partial charge in [0.1, 0.15) is 11.5 Å². The van der Waals surface area contributed by atoms with Crippen LogP contribution in [0.3, 0.4) is 0 Å². The molecule has 1 unspecified atom stereocenters. The molecule has 8 nitrogen and oxygen atoms in total. The highest BCUT2D eigenvalue weighted by Gasteiger charge is 2.29. The second-order valence-electron chi connectivity index (χ2n) is 8.21. The van der Waals surface area contributed by atoms with E-state index in [9.17, 15) is 9.59 Å². The minimum atomic E-state index is -0.110. The fourth-order valence-corrected chi connectivity index (χ4v) is 4.20. The molecule has 2 fully saturated rings. The van der Waals surface area contributed by atoms with Crippen LogP contribution in [0.1, 0.15) is 76.1 Å². The summed E-state index contributed by atoms with van der Waals surface area (Å²) in [4.78, 5) is 46.9. The van der Waals surface area contributed by atoms with Crippen LogP contribution in [0.25, 0.3) is 0 Å². The van der Waals surface area contributed by atoms with Gasteiger partial charge >= 0.3 is 0 Å². The first-order valence-electron chi connectivity index (χ1n) is 10.7. The Morgan fingerprint density at radius 2 is 1.63 bits per heavy atom. The van der Waals surface area contributed by atoms with Crippen molar-refractivity contribution in [1.29, 1.82) is 0 Å². The molecular weight excluding hydrogens is 380 g/mol. The van der Waals surface area contributed by atoms with Crippen LogP contribution >= 0.6 is 0 Å². The summed E-state index contributed by atoms with van der Waals surface area (Å²) in [7, 11) is 0. The maximum Gasteiger partial charge on any atom is 0.274 e. The van der Waals surface area contributed by atoms with Crippen molar-refractivity contribution in [1.82, 2.24) is 29.7 Å². The van der Waals surface area contributed by atoms with Gasteiger partial charge in [-0.15, -0.1) is 0 Å². The summed E-state index contributed by atoms with van der Waals surface area (Å²) in [6, 6.07) is 0. The van der Waals surface area contributed by atoms with Crippen LogP contribution < -0.4 is 0 Å². The Labute approximate surface area is 176 Å². The van der Waals surface area contributed by atoms with E-state index in [4.69, 9.17) is 0 Å². The second-order valence-corrected chi connectivity index (χ2v) is 8.21. The molecule has 2 amide bonds. The van der Waals surface area contributed by atoms with E-state index < -0.39 is 0 Å². The SMILES string of the molecule is Cc1cnc(C(=O)N2CCCC(c3ncc(C(=O)N4CCCCC4)c(C)n3)C2)cn1. The topological polar surface area (TPSA) is 92.2 Å². The number of rotatable bonds is 3. The van der Waals surface area contributed by atoms with Crippen LogP contribution in [-0.2, 0) is 0 Å². The van der Waals surface area contributed by atoms with Crippen molar-refractivity contribution in [2.24, 2.45) is 0 Å². The number of hydrogen-bond donors (Lipinski definition) is 0. The van der Waals surface area contributed by atoms with Gasteiger partial charge in [0.2, 0.25) is 0 Å². The van der Waals surface area contributed by atoms with Crippen molar-refractivity contribution in [2.45, 2.75) is 51.9 Å². The van der Waals surface area contributed by atoms with Crippen molar-refractivity contribution < 1.29 is 9.59 Å². The van der Waals surface area contributed by atoms with Crippen molar-refractivity contribution in [3.63, 3.8) is 0 Å². The highest BCUT2D eigenvalue weighted by Crippen LogP contribution is 2.26.